The molecule has 0 fully saturated rings. The molecule has 0 aliphatic carbocycles. The molecule has 0 unspecified atom stereocenters. The number of nitrogens with zero attached hydrogens (tertiary/aromatic N) is 1. The van der Waals surface area contributed by atoms with Gasteiger partial charge in [0.15, 0.2) is 0 Å². The second-order valence-electron chi connectivity index (χ2n) is 2.09. The lowest BCUT2D eigenvalue weighted by molar-refractivity contribution is 0.814. The molecule has 5 heteroatoms. The Morgan fingerprint density at radius 2 is 2.17 bits per heavy atom. The van der Waals surface area contributed by atoms with Crippen molar-refractivity contribution in [1.82, 2.24) is 10.3 Å². The van der Waals surface area contributed by atoms with Crippen LogP contribution in [-0.4, -0.2) is 12.0 Å². The van der Waals surface area contributed by atoms with Crippen molar-refractivity contribution >= 4 is 35.6 Å². The Morgan fingerprint density at radius 1 is 1.50 bits per heavy atom. The van der Waals surface area contributed by atoms with Crippen molar-refractivity contribution < 1.29 is 0 Å². The van der Waals surface area contributed by atoms with Crippen molar-refractivity contribution in [2.75, 3.05) is 7.05 Å². The molecule has 0 aromatic carbocycles. The lowest BCUT2D eigenvalue weighted by Crippen LogP contribution is -2.06. The minimum absolute atomic E-state index is 0. The van der Waals surface area contributed by atoms with E-state index >= 15 is 0 Å². The third-order valence-corrected chi connectivity index (χ3v) is 1.98. The second kappa shape index (κ2) is 5.60. The molecule has 0 bridgehead atoms. The summed E-state index contributed by atoms with van der Waals surface area (Å²) in [5.74, 6) is 0. The molecule has 0 amide bonds. The Bertz CT molecular complexity index is 232. The van der Waals surface area contributed by atoms with Crippen LogP contribution in [0.3, 0.4) is 0 Å². The lowest BCUT2D eigenvalue weighted by Gasteiger charge is -2.03. The fourth-order valence-electron chi connectivity index (χ4n) is 0.779. The van der Waals surface area contributed by atoms with Gasteiger partial charge in [-0.15, -0.1) is 12.4 Å². The average molecular weight is 228 g/mol. The summed E-state index contributed by atoms with van der Waals surface area (Å²) in [6, 6.07) is 1.72. The topological polar surface area (TPSA) is 24.9 Å². The molecule has 12 heavy (non-hydrogen) atoms. The van der Waals surface area contributed by atoms with Gasteiger partial charge in [-0.3, -0.25) is 0 Å². The van der Waals surface area contributed by atoms with Crippen molar-refractivity contribution in [3.8, 4) is 0 Å². The highest BCUT2D eigenvalue weighted by Crippen LogP contribution is 2.21. The highest BCUT2D eigenvalue weighted by molar-refractivity contribution is 6.35. The summed E-state index contributed by atoms with van der Waals surface area (Å²) < 4.78 is 0. The first-order chi connectivity index (χ1) is 5.25. The number of nitrogens with one attached hydrogen (secondary N) is 1. The zero-order valence-electron chi connectivity index (χ0n) is 6.47. The summed E-state index contributed by atoms with van der Waals surface area (Å²) in [5.41, 5.74) is 0.846. The minimum atomic E-state index is 0. The van der Waals surface area contributed by atoms with Crippen molar-refractivity contribution in [3.05, 3.63) is 28.0 Å². The molecule has 68 valence electrons. The Hall–Kier alpha value is -0.0200. The van der Waals surface area contributed by atoms with Gasteiger partial charge in [-0.2, -0.15) is 0 Å². The lowest BCUT2D eigenvalue weighted by atomic mass is 10.3. The number of rotatable bonds is 2. The summed E-state index contributed by atoms with van der Waals surface area (Å²) in [5, 5.41) is 4.07. The quantitative estimate of drug-likeness (QED) is 0.786. The number of hydrogen-bond donors (Lipinski definition) is 1. The Morgan fingerprint density at radius 3 is 2.67 bits per heavy atom. The van der Waals surface area contributed by atoms with Gasteiger partial charge in [0, 0.05) is 23.3 Å². The molecule has 1 aromatic rings. The maximum absolute atomic E-state index is 5.84. The molecule has 0 spiro atoms. The van der Waals surface area contributed by atoms with Crippen LogP contribution in [-0.2, 0) is 6.54 Å². The SMILES string of the molecule is CNCc1c(Cl)ccnc1Cl.Cl. The van der Waals surface area contributed by atoms with E-state index in [1.165, 1.54) is 0 Å². The molecule has 1 rings (SSSR count). The molecule has 0 aliphatic rings. The zero-order chi connectivity index (χ0) is 8.27. The molecule has 1 heterocycles. The Balaban J connectivity index is 0.00000121. The molecule has 0 radical (unpaired) electrons. The molecule has 0 aliphatic heterocycles. The fraction of sp³-hybridized carbons (Fsp3) is 0.286. The van der Waals surface area contributed by atoms with Gasteiger partial charge < -0.3 is 5.32 Å². The number of halogens is 3. The van der Waals surface area contributed by atoms with Gasteiger partial charge in [0.2, 0.25) is 0 Å². The normalized spacial score (nSPS) is 9.25. The molecular formula is C7H9Cl3N2. The van der Waals surface area contributed by atoms with Crippen LogP contribution in [0.2, 0.25) is 10.2 Å². The zero-order valence-corrected chi connectivity index (χ0v) is 8.80. The molecule has 0 saturated carbocycles. The van der Waals surface area contributed by atoms with Gasteiger partial charge >= 0.3 is 0 Å². The van der Waals surface area contributed by atoms with E-state index in [0.717, 1.165) is 5.56 Å². The molecule has 1 N–H and O–H groups in total. The van der Waals surface area contributed by atoms with E-state index in [-0.39, 0.29) is 12.4 Å². The predicted octanol–water partition coefficient (Wildman–Crippen LogP) is 2.53. The van der Waals surface area contributed by atoms with Crippen LogP contribution in [0.4, 0.5) is 0 Å². The van der Waals surface area contributed by atoms with E-state index in [1.54, 1.807) is 12.3 Å². The Kier molecular flexibility index (Phi) is 5.59. The fourth-order valence-corrected chi connectivity index (χ4v) is 1.27. The summed E-state index contributed by atoms with van der Waals surface area (Å²) >= 11 is 11.6. The highest BCUT2D eigenvalue weighted by atomic mass is 35.5. The summed E-state index contributed by atoms with van der Waals surface area (Å²) in [6.45, 7) is 0.644. The maximum atomic E-state index is 5.84. The van der Waals surface area contributed by atoms with Crippen LogP contribution in [0, 0.1) is 0 Å². The van der Waals surface area contributed by atoms with Gasteiger partial charge in [0.25, 0.3) is 0 Å². The van der Waals surface area contributed by atoms with Gasteiger partial charge in [-0.05, 0) is 13.1 Å². The number of hydrogen-bond acceptors (Lipinski definition) is 2. The summed E-state index contributed by atoms with van der Waals surface area (Å²) in [6.07, 6.45) is 1.59. The predicted molar refractivity (Wildman–Crippen MR) is 54.3 cm³/mol. The van der Waals surface area contributed by atoms with Crippen molar-refractivity contribution in [2.45, 2.75) is 6.54 Å². The monoisotopic (exact) mass is 226 g/mol. The molecule has 2 nitrogen and oxygen atoms in total. The first kappa shape index (κ1) is 12.0. The number of aromatic nitrogens is 1. The van der Waals surface area contributed by atoms with Gasteiger partial charge in [0.05, 0.1) is 0 Å². The largest absolute Gasteiger partial charge is 0.316 e. The maximum Gasteiger partial charge on any atom is 0.134 e. The van der Waals surface area contributed by atoms with Crippen molar-refractivity contribution in [2.24, 2.45) is 0 Å². The van der Waals surface area contributed by atoms with E-state index in [9.17, 15) is 0 Å². The summed E-state index contributed by atoms with van der Waals surface area (Å²) in [4.78, 5) is 3.90. The summed E-state index contributed by atoms with van der Waals surface area (Å²) in [7, 11) is 1.83. The van der Waals surface area contributed by atoms with Crippen LogP contribution >= 0.6 is 35.6 Å². The average Bonchev–Trinajstić information content (AvgIpc) is 1.97. The van der Waals surface area contributed by atoms with Crippen LogP contribution in [0.5, 0.6) is 0 Å². The first-order valence-corrected chi connectivity index (χ1v) is 3.94. The molecular weight excluding hydrogens is 218 g/mol. The van der Waals surface area contributed by atoms with E-state index < -0.39 is 0 Å². The van der Waals surface area contributed by atoms with Gasteiger partial charge in [0.1, 0.15) is 5.15 Å². The molecule has 0 atom stereocenters. The standard InChI is InChI=1S/C7H8Cl2N2.ClH/c1-10-4-5-6(8)2-3-11-7(5)9;/h2-3,10H,4H2,1H3;1H. The van der Waals surface area contributed by atoms with E-state index in [1.807, 2.05) is 7.05 Å². The minimum Gasteiger partial charge on any atom is -0.316 e. The number of pyridine rings is 1. The molecule has 0 saturated heterocycles. The second-order valence-corrected chi connectivity index (χ2v) is 2.86. The van der Waals surface area contributed by atoms with E-state index in [0.29, 0.717) is 16.7 Å². The van der Waals surface area contributed by atoms with Crippen LogP contribution in [0.25, 0.3) is 0 Å². The van der Waals surface area contributed by atoms with Crippen molar-refractivity contribution in [3.63, 3.8) is 0 Å². The van der Waals surface area contributed by atoms with Crippen LogP contribution in [0.1, 0.15) is 5.56 Å². The molecule has 1 aromatic heterocycles. The Labute approximate surface area is 87.7 Å². The van der Waals surface area contributed by atoms with Gasteiger partial charge in [-0.1, -0.05) is 23.2 Å². The van der Waals surface area contributed by atoms with E-state index in [2.05, 4.69) is 10.3 Å². The first-order valence-electron chi connectivity index (χ1n) is 3.19. The third-order valence-electron chi connectivity index (χ3n) is 1.30. The van der Waals surface area contributed by atoms with Crippen LogP contribution < -0.4 is 5.32 Å². The highest BCUT2D eigenvalue weighted by Gasteiger charge is 2.03. The third kappa shape index (κ3) is 2.79. The van der Waals surface area contributed by atoms with Crippen molar-refractivity contribution in [1.29, 1.82) is 0 Å². The van der Waals surface area contributed by atoms with E-state index in [4.69, 9.17) is 23.2 Å². The van der Waals surface area contributed by atoms with Crippen LogP contribution in [0.15, 0.2) is 12.3 Å². The smallest absolute Gasteiger partial charge is 0.134 e. The van der Waals surface area contributed by atoms with Gasteiger partial charge in [-0.25, -0.2) is 4.98 Å².